The second-order valence-corrected chi connectivity index (χ2v) is 10.9. The molecule has 220 valence electrons. The van der Waals surface area contributed by atoms with E-state index in [0.29, 0.717) is 29.7 Å². The number of halogens is 3. The number of aromatic carboxylic acids is 1. The van der Waals surface area contributed by atoms with Gasteiger partial charge in [0.25, 0.3) is 0 Å². The molecule has 4 heterocycles. The number of urea groups is 1. The van der Waals surface area contributed by atoms with Crippen LogP contribution in [0.5, 0.6) is 0 Å². The van der Waals surface area contributed by atoms with Gasteiger partial charge in [-0.1, -0.05) is 6.07 Å². The van der Waals surface area contributed by atoms with E-state index < -0.39 is 29.3 Å². The number of carboxylic acid groups (broad SMARTS) is 1. The van der Waals surface area contributed by atoms with Crippen LogP contribution >= 0.6 is 11.3 Å². The molecule has 1 aromatic carbocycles. The molecule has 1 aliphatic heterocycles. The fraction of sp³-hybridized carbons (Fsp3) is 0.321. The summed E-state index contributed by atoms with van der Waals surface area (Å²) in [6.07, 6.45) is -0.169. The summed E-state index contributed by atoms with van der Waals surface area (Å²) >= 11 is 0.775. The summed E-state index contributed by atoms with van der Waals surface area (Å²) in [5.41, 5.74) is -0.531. The first-order chi connectivity index (χ1) is 20.0. The number of nitrogens with zero attached hydrogens (tertiary/aromatic N) is 4. The summed E-state index contributed by atoms with van der Waals surface area (Å²) in [6.45, 7) is 3.67. The standard InChI is InChI=1S/C28H27F3N6O4S/c1-3-32-27(41)35-23-10-17(25-34-22(14-42-25)28(29,30)31)19(11-33-23)15-6-7-21-18(9-15)24(38)20(26(39)40)13-37(21)16-5-4-8-36(2)12-16/h6-7,9-11,13-14,16H,3-5,8,12H2,1-2H3,(H,39,40)(H2,32,33,35,41). The maximum Gasteiger partial charge on any atom is 0.434 e. The summed E-state index contributed by atoms with van der Waals surface area (Å²) in [7, 11) is 1.98. The number of rotatable bonds is 6. The first-order valence-electron chi connectivity index (χ1n) is 13.2. The van der Waals surface area contributed by atoms with Crippen molar-refractivity contribution in [3.05, 3.63) is 63.5 Å². The summed E-state index contributed by atoms with van der Waals surface area (Å²) in [5.74, 6) is -1.27. The second-order valence-electron chi connectivity index (χ2n) is 10.0. The average molecular weight is 601 g/mol. The van der Waals surface area contributed by atoms with Crippen LogP contribution < -0.4 is 16.1 Å². The molecule has 1 saturated heterocycles. The van der Waals surface area contributed by atoms with Crippen LogP contribution in [-0.4, -0.2) is 63.2 Å². The third-order valence-corrected chi connectivity index (χ3v) is 7.95. The van der Waals surface area contributed by atoms with Gasteiger partial charge in [-0.15, -0.1) is 11.3 Å². The summed E-state index contributed by atoms with van der Waals surface area (Å²) < 4.78 is 42.0. The normalized spacial score (nSPS) is 16.0. The molecule has 0 spiro atoms. The minimum atomic E-state index is -4.65. The number of carboxylic acids is 1. The molecule has 1 unspecified atom stereocenters. The van der Waals surface area contributed by atoms with Crippen molar-refractivity contribution in [3.63, 3.8) is 0 Å². The number of hydrogen-bond donors (Lipinski definition) is 3. The van der Waals surface area contributed by atoms with Gasteiger partial charge in [-0.05, 0) is 57.1 Å². The van der Waals surface area contributed by atoms with E-state index in [-0.39, 0.29) is 33.4 Å². The Labute approximate surface area is 241 Å². The van der Waals surface area contributed by atoms with Crippen molar-refractivity contribution in [1.82, 2.24) is 24.8 Å². The van der Waals surface area contributed by atoms with Crippen LogP contribution in [-0.2, 0) is 6.18 Å². The molecule has 5 rings (SSSR count). The summed E-state index contributed by atoms with van der Waals surface area (Å²) in [6, 6.07) is 5.77. The fourth-order valence-electron chi connectivity index (χ4n) is 5.12. The molecule has 0 bridgehead atoms. The van der Waals surface area contributed by atoms with Gasteiger partial charge in [0, 0.05) is 53.4 Å². The van der Waals surface area contributed by atoms with E-state index in [1.807, 2.05) is 11.6 Å². The van der Waals surface area contributed by atoms with Crippen LogP contribution in [0.4, 0.5) is 23.8 Å². The molecule has 14 heteroatoms. The minimum Gasteiger partial charge on any atom is -0.477 e. The van der Waals surface area contributed by atoms with E-state index in [2.05, 4.69) is 25.5 Å². The Kier molecular flexibility index (Phi) is 8.01. The largest absolute Gasteiger partial charge is 0.477 e. The Balaban J connectivity index is 1.68. The molecular formula is C28H27F3N6O4S. The number of pyridine rings is 2. The topological polar surface area (TPSA) is 129 Å². The van der Waals surface area contributed by atoms with Crippen LogP contribution in [0.15, 0.2) is 46.8 Å². The number of amides is 2. The highest BCUT2D eigenvalue weighted by Crippen LogP contribution is 2.39. The predicted molar refractivity (Wildman–Crippen MR) is 153 cm³/mol. The molecule has 1 atom stereocenters. The number of nitrogens with one attached hydrogen (secondary N) is 2. The molecular weight excluding hydrogens is 573 g/mol. The molecule has 10 nitrogen and oxygen atoms in total. The number of fused-ring (bicyclic) bond motifs is 1. The number of hydrogen-bond acceptors (Lipinski definition) is 7. The number of likely N-dealkylation sites (N-methyl/N-ethyl adjacent to an activating group) is 1. The number of thiazole rings is 1. The second kappa shape index (κ2) is 11.5. The summed E-state index contributed by atoms with van der Waals surface area (Å²) in [5, 5.41) is 16.0. The molecule has 0 saturated carbocycles. The lowest BCUT2D eigenvalue weighted by atomic mass is 9.98. The van der Waals surface area contributed by atoms with Gasteiger partial charge in [0.15, 0.2) is 5.69 Å². The van der Waals surface area contributed by atoms with Crippen LogP contribution in [0.1, 0.15) is 41.9 Å². The molecule has 4 aromatic rings. The number of alkyl halides is 3. The zero-order valence-electron chi connectivity index (χ0n) is 22.7. The van der Waals surface area contributed by atoms with Gasteiger partial charge < -0.3 is 19.9 Å². The molecule has 3 N–H and O–H groups in total. The van der Waals surface area contributed by atoms with Crippen LogP contribution in [0.3, 0.4) is 0 Å². The zero-order chi connectivity index (χ0) is 30.2. The summed E-state index contributed by atoms with van der Waals surface area (Å²) in [4.78, 5) is 47.7. The number of carbonyl (C=O) groups is 2. The van der Waals surface area contributed by atoms with Crippen LogP contribution in [0.25, 0.3) is 32.6 Å². The van der Waals surface area contributed by atoms with E-state index in [1.54, 1.807) is 19.1 Å². The van der Waals surface area contributed by atoms with Crippen molar-refractivity contribution in [3.8, 4) is 21.7 Å². The van der Waals surface area contributed by atoms with Crippen molar-refractivity contribution in [1.29, 1.82) is 0 Å². The Morgan fingerprint density at radius 1 is 1.21 bits per heavy atom. The Hall–Kier alpha value is -4.30. The first-order valence-corrected chi connectivity index (χ1v) is 14.0. The van der Waals surface area contributed by atoms with E-state index in [4.69, 9.17) is 0 Å². The van der Waals surface area contributed by atoms with E-state index in [0.717, 1.165) is 36.1 Å². The highest BCUT2D eigenvalue weighted by Gasteiger charge is 2.34. The lowest BCUT2D eigenvalue weighted by molar-refractivity contribution is -0.140. The number of aromatic nitrogens is 3. The van der Waals surface area contributed by atoms with Gasteiger partial charge in [0.2, 0.25) is 5.43 Å². The highest BCUT2D eigenvalue weighted by molar-refractivity contribution is 7.13. The third kappa shape index (κ3) is 5.85. The van der Waals surface area contributed by atoms with Gasteiger partial charge in [-0.3, -0.25) is 10.1 Å². The van der Waals surface area contributed by atoms with Crippen molar-refractivity contribution in [2.24, 2.45) is 0 Å². The lowest BCUT2D eigenvalue weighted by Crippen LogP contribution is -2.34. The minimum absolute atomic E-state index is 0.0284. The zero-order valence-corrected chi connectivity index (χ0v) is 23.5. The molecule has 42 heavy (non-hydrogen) atoms. The third-order valence-electron chi connectivity index (χ3n) is 7.07. The quantitative estimate of drug-likeness (QED) is 0.274. The smallest absolute Gasteiger partial charge is 0.434 e. The Morgan fingerprint density at radius 2 is 2.00 bits per heavy atom. The van der Waals surface area contributed by atoms with E-state index >= 15 is 0 Å². The monoisotopic (exact) mass is 600 g/mol. The SMILES string of the molecule is CCNC(=O)Nc1cc(-c2nc(C(F)(F)F)cs2)c(-c2ccc3c(c2)c(=O)c(C(=O)O)cn3C2CCCN(C)C2)cn1. The van der Waals surface area contributed by atoms with Crippen molar-refractivity contribution in [2.75, 3.05) is 32.0 Å². The van der Waals surface area contributed by atoms with Gasteiger partial charge >= 0.3 is 18.2 Å². The van der Waals surface area contributed by atoms with E-state index in [1.165, 1.54) is 24.5 Å². The van der Waals surface area contributed by atoms with Gasteiger partial charge in [0.05, 0.1) is 5.52 Å². The number of benzene rings is 1. The molecule has 1 aliphatic rings. The highest BCUT2D eigenvalue weighted by atomic mass is 32.1. The van der Waals surface area contributed by atoms with Crippen LogP contribution in [0, 0.1) is 0 Å². The predicted octanol–water partition coefficient (Wildman–Crippen LogP) is 5.31. The number of piperidine rings is 1. The van der Waals surface area contributed by atoms with Gasteiger partial charge in [-0.2, -0.15) is 13.2 Å². The molecule has 0 aliphatic carbocycles. The molecule has 2 amide bonds. The first kappa shape index (κ1) is 29.2. The maximum atomic E-state index is 13.4. The van der Waals surface area contributed by atoms with Crippen LogP contribution in [0.2, 0.25) is 0 Å². The Morgan fingerprint density at radius 3 is 2.67 bits per heavy atom. The van der Waals surface area contributed by atoms with E-state index in [9.17, 15) is 32.7 Å². The van der Waals surface area contributed by atoms with Crippen molar-refractivity contribution >= 4 is 40.1 Å². The number of likely N-dealkylation sites (tertiary alicyclic amines) is 1. The van der Waals surface area contributed by atoms with Gasteiger partial charge in [-0.25, -0.2) is 19.6 Å². The molecule has 0 radical (unpaired) electrons. The number of anilines is 1. The van der Waals surface area contributed by atoms with Crippen molar-refractivity contribution in [2.45, 2.75) is 32.0 Å². The maximum absolute atomic E-state index is 13.4. The molecule has 3 aromatic heterocycles. The fourth-order valence-corrected chi connectivity index (χ4v) is 5.98. The molecule has 1 fully saturated rings. The number of carbonyl (C=O) groups excluding carboxylic acids is 1. The average Bonchev–Trinajstić information content (AvgIpc) is 3.44. The Bertz CT molecular complexity index is 1740. The lowest BCUT2D eigenvalue weighted by Gasteiger charge is -2.32. The van der Waals surface area contributed by atoms with Crippen molar-refractivity contribution < 1.29 is 27.9 Å². The van der Waals surface area contributed by atoms with Gasteiger partial charge in [0.1, 0.15) is 16.4 Å².